The van der Waals surface area contributed by atoms with Crippen molar-refractivity contribution < 1.29 is 4.79 Å². The van der Waals surface area contributed by atoms with Crippen LogP contribution in [-0.2, 0) is 11.3 Å². The third-order valence-corrected chi connectivity index (χ3v) is 4.99. The monoisotopic (exact) mass is 398 g/mol. The van der Waals surface area contributed by atoms with Crippen molar-refractivity contribution in [2.75, 3.05) is 19.0 Å². The molecular weight excluding hydrogens is 376 g/mol. The first-order valence-electron chi connectivity index (χ1n) is 9.64. The van der Waals surface area contributed by atoms with Gasteiger partial charge in [-0.25, -0.2) is 5.43 Å². The lowest BCUT2D eigenvalue weighted by Gasteiger charge is -2.14. The average Bonchev–Trinajstić information content (AvgIpc) is 2.77. The van der Waals surface area contributed by atoms with Crippen LogP contribution in [0.3, 0.4) is 0 Å². The summed E-state index contributed by atoms with van der Waals surface area (Å²) in [6.07, 6.45) is 1.61. The summed E-state index contributed by atoms with van der Waals surface area (Å²) in [4.78, 5) is 27.4. The number of pyridine rings is 1. The Labute approximate surface area is 174 Å². The number of nitrogens with zero attached hydrogens (tertiary/aromatic N) is 3. The molecule has 0 saturated carbocycles. The Hall–Kier alpha value is -3.93. The maximum atomic E-state index is 12.8. The summed E-state index contributed by atoms with van der Waals surface area (Å²) in [5.41, 5.74) is 5.98. The van der Waals surface area contributed by atoms with Crippen molar-refractivity contribution in [1.29, 1.82) is 0 Å². The molecule has 0 radical (unpaired) electrons. The van der Waals surface area contributed by atoms with Gasteiger partial charge in [0.2, 0.25) is 0 Å². The third-order valence-electron chi connectivity index (χ3n) is 4.99. The molecule has 0 spiro atoms. The maximum Gasteiger partial charge on any atom is 0.260 e. The zero-order valence-corrected chi connectivity index (χ0v) is 16.9. The first-order valence-corrected chi connectivity index (χ1v) is 9.64. The van der Waals surface area contributed by atoms with Crippen molar-refractivity contribution in [1.82, 2.24) is 9.99 Å². The number of hydrazone groups is 1. The molecule has 0 atom stereocenters. The summed E-state index contributed by atoms with van der Waals surface area (Å²) < 4.78 is 1.85. The molecule has 0 bridgehead atoms. The fraction of sp³-hybridized carbons (Fsp3) is 0.125. The van der Waals surface area contributed by atoms with Crippen LogP contribution in [-0.4, -0.2) is 30.8 Å². The number of para-hydroxylation sites is 2. The Morgan fingerprint density at radius 1 is 0.933 bits per heavy atom. The van der Waals surface area contributed by atoms with Gasteiger partial charge >= 0.3 is 0 Å². The van der Waals surface area contributed by atoms with Gasteiger partial charge in [-0.15, -0.1) is 0 Å². The van der Waals surface area contributed by atoms with E-state index in [-0.39, 0.29) is 17.9 Å². The van der Waals surface area contributed by atoms with Crippen molar-refractivity contribution in [2.24, 2.45) is 5.10 Å². The highest BCUT2D eigenvalue weighted by Crippen LogP contribution is 2.19. The Morgan fingerprint density at radius 3 is 2.07 bits per heavy atom. The number of amides is 1. The molecule has 0 saturated heterocycles. The second-order valence-corrected chi connectivity index (χ2v) is 7.23. The Morgan fingerprint density at radius 2 is 1.50 bits per heavy atom. The van der Waals surface area contributed by atoms with Crippen molar-refractivity contribution in [3.05, 3.63) is 88.6 Å². The number of fused-ring (bicyclic) bond motifs is 2. The first kappa shape index (κ1) is 19.4. The smallest absolute Gasteiger partial charge is 0.260 e. The number of hydrogen-bond donors (Lipinski definition) is 1. The van der Waals surface area contributed by atoms with E-state index < -0.39 is 0 Å². The summed E-state index contributed by atoms with van der Waals surface area (Å²) in [6, 6.07) is 22.5. The van der Waals surface area contributed by atoms with Crippen LogP contribution >= 0.6 is 0 Å². The Balaban J connectivity index is 1.58. The number of carbonyl (C=O) groups is 1. The molecule has 6 nitrogen and oxygen atoms in total. The number of hydrogen-bond acceptors (Lipinski definition) is 4. The predicted molar refractivity (Wildman–Crippen MR) is 122 cm³/mol. The van der Waals surface area contributed by atoms with Gasteiger partial charge in [0.25, 0.3) is 5.91 Å². The molecule has 1 aromatic heterocycles. The minimum absolute atomic E-state index is 0.0305. The van der Waals surface area contributed by atoms with Gasteiger partial charge in [-0.05, 0) is 42.0 Å². The normalized spacial score (nSPS) is 11.3. The summed E-state index contributed by atoms with van der Waals surface area (Å²) >= 11 is 0. The molecule has 0 unspecified atom stereocenters. The van der Waals surface area contributed by atoms with Crippen LogP contribution in [0.15, 0.2) is 82.7 Å². The van der Waals surface area contributed by atoms with Gasteiger partial charge in [0.1, 0.15) is 6.54 Å². The van der Waals surface area contributed by atoms with Gasteiger partial charge in [0, 0.05) is 30.6 Å². The van der Waals surface area contributed by atoms with Crippen LogP contribution in [0.1, 0.15) is 5.56 Å². The standard InChI is InChI=1S/C24H22N4O2/c1-27(2)18-13-11-17(12-14-18)15-25-26-23(29)16-28-21-9-5-3-7-19(21)24(30)20-8-4-6-10-22(20)28/h3-15H,16H2,1-2H3,(H,26,29). The zero-order chi connectivity index (χ0) is 21.1. The number of carbonyl (C=O) groups excluding carboxylic acids is 1. The van der Waals surface area contributed by atoms with Gasteiger partial charge in [0.15, 0.2) is 5.43 Å². The molecule has 30 heavy (non-hydrogen) atoms. The van der Waals surface area contributed by atoms with Crippen LogP contribution in [0.25, 0.3) is 21.8 Å². The fourth-order valence-electron chi connectivity index (χ4n) is 3.46. The molecule has 150 valence electrons. The SMILES string of the molecule is CN(C)c1ccc(C=NNC(=O)Cn2c3ccccc3c(=O)c3ccccc32)cc1. The molecule has 4 rings (SSSR count). The molecule has 0 fully saturated rings. The highest BCUT2D eigenvalue weighted by Gasteiger charge is 2.12. The van der Waals surface area contributed by atoms with E-state index in [0.29, 0.717) is 10.8 Å². The van der Waals surface area contributed by atoms with Crippen molar-refractivity contribution >= 4 is 39.6 Å². The topological polar surface area (TPSA) is 66.7 Å². The quantitative estimate of drug-likeness (QED) is 0.318. The van der Waals surface area contributed by atoms with Crippen molar-refractivity contribution in [2.45, 2.75) is 6.54 Å². The molecule has 3 aromatic carbocycles. The van der Waals surface area contributed by atoms with Crippen molar-refractivity contribution in [3.63, 3.8) is 0 Å². The van der Waals surface area contributed by atoms with E-state index in [9.17, 15) is 9.59 Å². The van der Waals surface area contributed by atoms with Gasteiger partial charge in [0.05, 0.1) is 17.2 Å². The van der Waals surface area contributed by atoms with E-state index in [1.54, 1.807) is 18.3 Å². The minimum Gasteiger partial charge on any atom is -0.378 e. The van der Waals surface area contributed by atoms with Crippen LogP contribution in [0.4, 0.5) is 5.69 Å². The Bertz CT molecular complexity index is 1240. The number of aromatic nitrogens is 1. The molecule has 0 aliphatic heterocycles. The van der Waals surface area contributed by atoms with Crippen LogP contribution in [0.5, 0.6) is 0 Å². The van der Waals surface area contributed by atoms with E-state index >= 15 is 0 Å². The van der Waals surface area contributed by atoms with Crippen LogP contribution in [0, 0.1) is 0 Å². The third kappa shape index (κ3) is 3.80. The lowest BCUT2D eigenvalue weighted by atomic mass is 10.1. The largest absolute Gasteiger partial charge is 0.378 e. The van der Waals surface area contributed by atoms with Gasteiger partial charge in [-0.2, -0.15) is 5.10 Å². The Kier molecular flexibility index (Phi) is 5.30. The maximum absolute atomic E-state index is 12.8. The fourth-order valence-corrected chi connectivity index (χ4v) is 3.46. The van der Waals surface area contributed by atoms with Crippen LogP contribution in [0.2, 0.25) is 0 Å². The second-order valence-electron chi connectivity index (χ2n) is 7.23. The lowest BCUT2D eigenvalue weighted by Crippen LogP contribution is -2.25. The van der Waals surface area contributed by atoms with E-state index in [1.165, 1.54) is 0 Å². The highest BCUT2D eigenvalue weighted by atomic mass is 16.2. The van der Waals surface area contributed by atoms with E-state index in [4.69, 9.17) is 0 Å². The predicted octanol–water partition coefficient (Wildman–Crippen LogP) is 3.37. The van der Waals surface area contributed by atoms with Gasteiger partial charge < -0.3 is 9.47 Å². The average molecular weight is 398 g/mol. The summed E-state index contributed by atoms with van der Waals surface area (Å²) in [5, 5.41) is 5.26. The number of rotatable bonds is 5. The first-order chi connectivity index (χ1) is 14.5. The van der Waals surface area contributed by atoms with Crippen LogP contribution < -0.4 is 15.8 Å². The lowest BCUT2D eigenvalue weighted by molar-refractivity contribution is -0.121. The minimum atomic E-state index is -0.268. The summed E-state index contributed by atoms with van der Waals surface area (Å²) in [7, 11) is 3.96. The second kappa shape index (κ2) is 8.21. The molecule has 1 amide bonds. The number of anilines is 1. The van der Waals surface area contributed by atoms with Crippen molar-refractivity contribution in [3.8, 4) is 0 Å². The van der Waals surface area contributed by atoms with E-state index in [2.05, 4.69) is 10.5 Å². The van der Waals surface area contributed by atoms with Gasteiger partial charge in [-0.1, -0.05) is 36.4 Å². The summed E-state index contributed by atoms with van der Waals surface area (Å²) in [6.45, 7) is 0.0538. The molecule has 1 heterocycles. The van der Waals surface area contributed by atoms with E-state index in [1.807, 2.05) is 84.2 Å². The molecule has 6 heteroatoms. The summed E-state index contributed by atoms with van der Waals surface area (Å²) in [5.74, 6) is -0.268. The van der Waals surface area contributed by atoms with Gasteiger partial charge in [-0.3, -0.25) is 9.59 Å². The highest BCUT2D eigenvalue weighted by molar-refractivity contribution is 5.95. The number of benzene rings is 3. The zero-order valence-electron chi connectivity index (χ0n) is 16.9. The van der Waals surface area contributed by atoms with E-state index in [0.717, 1.165) is 22.3 Å². The molecule has 0 aliphatic rings. The molecule has 1 N–H and O–H groups in total. The molecular formula is C24H22N4O2. The molecule has 0 aliphatic carbocycles. The molecule has 4 aromatic rings. The number of nitrogens with one attached hydrogen (secondary N) is 1.